The molecule has 0 aliphatic carbocycles. The molecule has 5 nitrogen and oxygen atoms in total. The largest absolute Gasteiger partial charge is 0.489 e. The zero-order valence-corrected chi connectivity index (χ0v) is 15.6. The molecule has 1 heterocycles. The predicted molar refractivity (Wildman–Crippen MR) is 102 cm³/mol. The second-order valence-corrected chi connectivity index (χ2v) is 6.21. The van der Waals surface area contributed by atoms with Crippen LogP contribution in [0, 0.1) is 6.92 Å². The van der Waals surface area contributed by atoms with Crippen LogP contribution in [0.1, 0.15) is 42.0 Å². The van der Waals surface area contributed by atoms with Crippen molar-refractivity contribution in [1.82, 2.24) is 4.98 Å². The van der Waals surface area contributed by atoms with E-state index in [9.17, 15) is 4.79 Å². The normalized spacial score (nSPS) is 11.8. The molecule has 0 radical (unpaired) electrons. The van der Waals surface area contributed by atoms with E-state index < -0.39 is 0 Å². The van der Waals surface area contributed by atoms with Crippen molar-refractivity contribution >= 4 is 5.97 Å². The number of aromatic nitrogens is 1. The topological polar surface area (TPSA) is 61.6 Å². The molecule has 3 aromatic rings. The van der Waals surface area contributed by atoms with E-state index >= 15 is 0 Å². The van der Waals surface area contributed by atoms with Crippen LogP contribution < -0.4 is 4.74 Å². The van der Waals surface area contributed by atoms with Crippen molar-refractivity contribution in [2.45, 2.75) is 32.8 Å². The number of hydrogen-bond donors (Lipinski definition) is 0. The van der Waals surface area contributed by atoms with Crippen LogP contribution >= 0.6 is 0 Å². The van der Waals surface area contributed by atoms with E-state index in [0.29, 0.717) is 24.9 Å². The average molecular weight is 365 g/mol. The molecule has 0 spiro atoms. The van der Waals surface area contributed by atoms with Crippen LogP contribution in [0.3, 0.4) is 0 Å². The molecule has 0 aliphatic heterocycles. The van der Waals surface area contributed by atoms with Gasteiger partial charge in [0, 0.05) is 0 Å². The van der Waals surface area contributed by atoms with Crippen molar-refractivity contribution < 1.29 is 18.7 Å². The molecule has 2 aromatic carbocycles. The number of ether oxygens (including phenoxy) is 2. The number of carbonyl (C=O) groups is 1. The Hall–Kier alpha value is -3.08. The standard InChI is InChI=1S/C22H23NO4/c1-3-25-21(24)13-20(22-23-14-16(2)27-22)18-9-11-19(12-10-18)26-15-17-7-5-4-6-8-17/h4-12,14,20H,3,13,15H2,1-2H3/t20-/m1/s1. The highest BCUT2D eigenvalue weighted by Gasteiger charge is 2.23. The molecule has 0 fully saturated rings. The molecule has 0 aliphatic rings. The van der Waals surface area contributed by atoms with Gasteiger partial charge in [-0.3, -0.25) is 4.79 Å². The van der Waals surface area contributed by atoms with Gasteiger partial charge in [0.2, 0.25) is 5.89 Å². The molecule has 0 saturated carbocycles. The maximum Gasteiger partial charge on any atom is 0.306 e. The van der Waals surface area contributed by atoms with Crippen molar-refractivity contribution in [1.29, 1.82) is 0 Å². The Bertz CT molecular complexity index is 856. The van der Waals surface area contributed by atoms with Gasteiger partial charge < -0.3 is 13.9 Å². The van der Waals surface area contributed by atoms with Gasteiger partial charge in [-0.25, -0.2) is 4.98 Å². The molecule has 1 atom stereocenters. The lowest BCUT2D eigenvalue weighted by molar-refractivity contribution is -0.143. The summed E-state index contributed by atoms with van der Waals surface area (Å²) in [6, 6.07) is 17.7. The Morgan fingerprint density at radius 1 is 1.11 bits per heavy atom. The van der Waals surface area contributed by atoms with Gasteiger partial charge in [-0.1, -0.05) is 42.5 Å². The molecular weight excluding hydrogens is 342 g/mol. The minimum Gasteiger partial charge on any atom is -0.489 e. The number of carbonyl (C=O) groups excluding carboxylic acids is 1. The van der Waals surface area contributed by atoms with Gasteiger partial charge in [-0.05, 0) is 37.1 Å². The van der Waals surface area contributed by atoms with Crippen molar-refractivity contribution in [3.05, 3.63) is 83.6 Å². The van der Waals surface area contributed by atoms with Gasteiger partial charge >= 0.3 is 5.97 Å². The quantitative estimate of drug-likeness (QED) is 0.544. The summed E-state index contributed by atoms with van der Waals surface area (Å²) in [6.07, 6.45) is 1.84. The highest BCUT2D eigenvalue weighted by molar-refractivity contribution is 5.71. The second kappa shape index (κ2) is 9.03. The summed E-state index contributed by atoms with van der Waals surface area (Å²) in [7, 11) is 0. The fourth-order valence-electron chi connectivity index (χ4n) is 2.80. The average Bonchev–Trinajstić information content (AvgIpc) is 3.12. The van der Waals surface area contributed by atoms with E-state index in [1.165, 1.54) is 0 Å². The highest BCUT2D eigenvalue weighted by Crippen LogP contribution is 2.29. The third kappa shape index (κ3) is 5.20. The summed E-state index contributed by atoms with van der Waals surface area (Å²) in [4.78, 5) is 16.3. The van der Waals surface area contributed by atoms with Crippen molar-refractivity contribution in [3.63, 3.8) is 0 Å². The number of aryl methyl sites for hydroxylation is 1. The van der Waals surface area contributed by atoms with E-state index in [1.807, 2.05) is 61.5 Å². The first-order valence-electron chi connectivity index (χ1n) is 9.00. The lowest BCUT2D eigenvalue weighted by atomic mass is 9.95. The second-order valence-electron chi connectivity index (χ2n) is 6.21. The molecule has 0 unspecified atom stereocenters. The number of oxazole rings is 1. The predicted octanol–water partition coefficient (Wildman–Crippen LogP) is 4.65. The third-order valence-corrected chi connectivity index (χ3v) is 4.14. The summed E-state index contributed by atoms with van der Waals surface area (Å²) in [5, 5.41) is 0. The minimum atomic E-state index is -0.291. The number of rotatable bonds is 8. The zero-order valence-electron chi connectivity index (χ0n) is 15.6. The van der Waals surface area contributed by atoms with Gasteiger partial charge in [0.15, 0.2) is 0 Å². The summed E-state index contributed by atoms with van der Waals surface area (Å²) < 4.78 is 16.6. The van der Waals surface area contributed by atoms with E-state index in [1.54, 1.807) is 13.1 Å². The third-order valence-electron chi connectivity index (χ3n) is 4.14. The van der Waals surface area contributed by atoms with Crippen LogP contribution in [-0.2, 0) is 16.1 Å². The molecule has 0 saturated heterocycles. The molecule has 0 bridgehead atoms. The van der Waals surface area contributed by atoms with Crippen LogP contribution in [0.15, 0.2) is 65.2 Å². The molecular formula is C22H23NO4. The lowest BCUT2D eigenvalue weighted by Crippen LogP contribution is -2.12. The van der Waals surface area contributed by atoms with E-state index in [-0.39, 0.29) is 18.3 Å². The maximum atomic E-state index is 12.0. The van der Waals surface area contributed by atoms with Gasteiger partial charge in [0.1, 0.15) is 18.1 Å². The number of hydrogen-bond acceptors (Lipinski definition) is 5. The van der Waals surface area contributed by atoms with E-state index in [2.05, 4.69) is 4.98 Å². The Kier molecular flexibility index (Phi) is 6.26. The van der Waals surface area contributed by atoms with Crippen LogP contribution in [0.5, 0.6) is 5.75 Å². The first-order valence-corrected chi connectivity index (χ1v) is 9.00. The molecule has 0 N–H and O–H groups in total. The lowest BCUT2D eigenvalue weighted by Gasteiger charge is -2.14. The monoisotopic (exact) mass is 365 g/mol. The van der Waals surface area contributed by atoms with Gasteiger partial charge in [0.05, 0.1) is 25.1 Å². The van der Waals surface area contributed by atoms with Crippen LogP contribution in [-0.4, -0.2) is 17.6 Å². The molecule has 0 amide bonds. The van der Waals surface area contributed by atoms with Gasteiger partial charge in [-0.15, -0.1) is 0 Å². The number of nitrogens with zero attached hydrogens (tertiary/aromatic N) is 1. The van der Waals surface area contributed by atoms with Crippen LogP contribution in [0.4, 0.5) is 0 Å². The molecule has 3 rings (SSSR count). The zero-order chi connectivity index (χ0) is 19.1. The molecule has 27 heavy (non-hydrogen) atoms. The summed E-state index contributed by atoms with van der Waals surface area (Å²) >= 11 is 0. The van der Waals surface area contributed by atoms with Crippen LogP contribution in [0.25, 0.3) is 0 Å². The molecule has 5 heteroatoms. The summed E-state index contributed by atoms with van der Waals surface area (Å²) in [5.41, 5.74) is 2.04. The summed E-state index contributed by atoms with van der Waals surface area (Å²) in [5.74, 6) is 1.42. The Balaban J connectivity index is 1.73. The fourth-order valence-corrected chi connectivity index (χ4v) is 2.80. The van der Waals surface area contributed by atoms with Crippen molar-refractivity contribution in [2.24, 2.45) is 0 Å². The fraction of sp³-hybridized carbons (Fsp3) is 0.273. The first-order chi connectivity index (χ1) is 13.2. The van der Waals surface area contributed by atoms with E-state index in [0.717, 1.165) is 16.9 Å². The maximum absolute atomic E-state index is 12.0. The van der Waals surface area contributed by atoms with Gasteiger partial charge in [0.25, 0.3) is 0 Å². The van der Waals surface area contributed by atoms with Gasteiger partial charge in [-0.2, -0.15) is 0 Å². The smallest absolute Gasteiger partial charge is 0.306 e. The van der Waals surface area contributed by atoms with Crippen molar-refractivity contribution in [2.75, 3.05) is 6.61 Å². The first kappa shape index (κ1) is 18.7. The molecule has 1 aromatic heterocycles. The Morgan fingerprint density at radius 3 is 2.48 bits per heavy atom. The van der Waals surface area contributed by atoms with Crippen LogP contribution in [0.2, 0.25) is 0 Å². The Morgan fingerprint density at radius 2 is 1.85 bits per heavy atom. The van der Waals surface area contributed by atoms with E-state index in [4.69, 9.17) is 13.9 Å². The SMILES string of the molecule is CCOC(=O)C[C@H](c1ccc(OCc2ccccc2)cc1)c1ncc(C)o1. The Labute approximate surface area is 159 Å². The number of benzene rings is 2. The highest BCUT2D eigenvalue weighted by atomic mass is 16.5. The molecule has 140 valence electrons. The number of esters is 1. The van der Waals surface area contributed by atoms with Crippen molar-refractivity contribution in [3.8, 4) is 5.75 Å². The minimum absolute atomic E-state index is 0.179. The summed E-state index contributed by atoms with van der Waals surface area (Å²) in [6.45, 7) is 4.48.